The molecule has 2 heterocycles. The molecule has 0 spiro atoms. The van der Waals surface area contributed by atoms with Gasteiger partial charge in [-0.15, -0.1) is 0 Å². The molecule has 0 N–H and O–H groups in total. The van der Waals surface area contributed by atoms with Gasteiger partial charge in [-0.3, -0.25) is 0 Å². The first-order valence-corrected chi connectivity index (χ1v) is 11.9. The van der Waals surface area contributed by atoms with E-state index in [9.17, 15) is 0 Å². The molecule has 5 aromatic rings. The molecule has 0 aliphatic heterocycles. The molecular weight excluding hydrogens is 412 g/mol. The lowest BCUT2D eigenvalue weighted by Gasteiger charge is -2.16. The summed E-state index contributed by atoms with van der Waals surface area (Å²) in [7, 11) is 0. The van der Waals surface area contributed by atoms with Crippen molar-refractivity contribution in [2.45, 2.75) is 26.7 Å². The maximum atomic E-state index is 5.13. The second kappa shape index (κ2) is 9.07. The molecule has 0 saturated heterocycles. The summed E-state index contributed by atoms with van der Waals surface area (Å²) < 4.78 is 0. The zero-order chi connectivity index (χ0) is 23.7. The predicted molar refractivity (Wildman–Crippen MR) is 147 cm³/mol. The Balaban J connectivity index is 1.93. The minimum absolute atomic E-state index is 0.845. The number of pyridine rings is 2. The standard InChI is InChI=1S/C32H28N2/c1-5-21(3)29-19-27(23-13-9-7-10-14-23)25-17-18-26-28(24-15-11-8-12-16-24)20-30(22(4)6-2)34-32(26)31(25)33-29/h7-20H,3-6H2,1-2H3. The average molecular weight is 441 g/mol. The third kappa shape index (κ3) is 3.82. The number of allylic oxidation sites excluding steroid dienone is 2. The lowest BCUT2D eigenvalue weighted by atomic mass is 9.93. The lowest BCUT2D eigenvalue weighted by molar-refractivity contribution is 1.19. The highest BCUT2D eigenvalue weighted by atomic mass is 14.8. The molecule has 2 aromatic heterocycles. The van der Waals surface area contributed by atoms with E-state index >= 15 is 0 Å². The molecule has 0 atom stereocenters. The molecule has 2 nitrogen and oxygen atoms in total. The number of benzene rings is 3. The van der Waals surface area contributed by atoms with Gasteiger partial charge in [0.1, 0.15) is 0 Å². The number of fused-ring (bicyclic) bond motifs is 3. The number of hydrogen-bond acceptors (Lipinski definition) is 2. The topological polar surface area (TPSA) is 25.8 Å². The van der Waals surface area contributed by atoms with Gasteiger partial charge in [0.2, 0.25) is 0 Å². The molecule has 0 unspecified atom stereocenters. The molecule has 3 aromatic carbocycles. The van der Waals surface area contributed by atoms with Crippen LogP contribution in [0, 0.1) is 0 Å². The van der Waals surface area contributed by atoms with E-state index in [1.165, 1.54) is 0 Å². The first-order chi connectivity index (χ1) is 16.6. The summed E-state index contributed by atoms with van der Waals surface area (Å²) in [6, 6.07) is 29.7. The molecule has 5 rings (SSSR count). The van der Waals surface area contributed by atoms with Crippen molar-refractivity contribution in [3.8, 4) is 22.3 Å². The molecule has 0 saturated carbocycles. The highest BCUT2D eigenvalue weighted by molar-refractivity contribution is 6.12. The van der Waals surface area contributed by atoms with Crippen LogP contribution in [0.1, 0.15) is 38.1 Å². The number of rotatable bonds is 6. The van der Waals surface area contributed by atoms with E-state index in [0.717, 1.165) is 79.4 Å². The molecule has 2 heteroatoms. The number of nitrogens with zero attached hydrogens (tertiary/aromatic N) is 2. The number of hydrogen-bond donors (Lipinski definition) is 0. The van der Waals surface area contributed by atoms with E-state index in [4.69, 9.17) is 9.97 Å². The maximum absolute atomic E-state index is 5.13. The van der Waals surface area contributed by atoms with Crippen LogP contribution >= 0.6 is 0 Å². The highest BCUT2D eigenvalue weighted by Gasteiger charge is 2.16. The Morgan fingerprint density at radius 2 is 0.971 bits per heavy atom. The maximum Gasteiger partial charge on any atom is 0.0978 e. The molecular formula is C32H28N2. The van der Waals surface area contributed by atoms with Crippen molar-refractivity contribution in [3.05, 3.63) is 109 Å². The van der Waals surface area contributed by atoms with E-state index in [0.29, 0.717) is 0 Å². The quantitative estimate of drug-likeness (QED) is 0.246. The van der Waals surface area contributed by atoms with Crippen molar-refractivity contribution in [1.82, 2.24) is 9.97 Å². The Kier molecular flexibility index (Phi) is 5.81. The second-order valence-corrected chi connectivity index (χ2v) is 8.61. The monoisotopic (exact) mass is 440 g/mol. The van der Waals surface area contributed by atoms with Crippen LogP contribution in [-0.2, 0) is 0 Å². The van der Waals surface area contributed by atoms with E-state index in [-0.39, 0.29) is 0 Å². The van der Waals surface area contributed by atoms with E-state index in [1.807, 2.05) is 12.1 Å². The summed E-state index contributed by atoms with van der Waals surface area (Å²) in [4.78, 5) is 10.3. The Morgan fingerprint density at radius 1 is 0.588 bits per heavy atom. The Labute approximate surface area is 201 Å². The van der Waals surface area contributed by atoms with Gasteiger partial charge in [0, 0.05) is 10.8 Å². The van der Waals surface area contributed by atoms with E-state index in [1.54, 1.807) is 0 Å². The second-order valence-electron chi connectivity index (χ2n) is 8.61. The van der Waals surface area contributed by atoms with Crippen LogP contribution in [0.3, 0.4) is 0 Å². The largest absolute Gasteiger partial charge is 0.246 e. The summed E-state index contributed by atoms with van der Waals surface area (Å²) in [5.41, 5.74) is 10.3. The predicted octanol–water partition coefficient (Wildman–Crippen LogP) is 8.96. The van der Waals surface area contributed by atoms with Gasteiger partial charge in [-0.05, 0) is 58.4 Å². The van der Waals surface area contributed by atoms with Crippen molar-refractivity contribution < 1.29 is 0 Å². The van der Waals surface area contributed by atoms with Crippen LogP contribution in [-0.4, -0.2) is 9.97 Å². The third-order valence-electron chi connectivity index (χ3n) is 6.51. The minimum atomic E-state index is 0.845. The fraction of sp³-hybridized carbons (Fsp3) is 0.125. The Bertz CT molecular complexity index is 1410. The van der Waals surface area contributed by atoms with Gasteiger partial charge in [0.25, 0.3) is 0 Å². The zero-order valence-corrected chi connectivity index (χ0v) is 19.8. The summed E-state index contributed by atoms with van der Waals surface area (Å²) in [5, 5.41) is 2.19. The van der Waals surface area contributed by atoms with E-state index < -0.39 is 0 Å². The van der Waals surface area contributed by atoms with Gasteiger partial charge in [-0.25, -0.2) is 9.97 Å². The molecule has 166 valence electrons. The van der Waals surface area contributed by atoms with Crippen molar-refractivity contribution in [2.75, 3.05) is 0 Å². The molecule has 0 aliphatic rings. The molecule has 0 aliphatic carbocycles. The summed E-state index contributed by atoms with van der Waals surface area (Å²) in [5.74, 6) is 0. The summed E-state index contributed by atoms with van der Waals surface area (Å²) in [6.45, 7) is 12.8. The van der Waals surface area contributed by atoms with Crippen LogP contribution in [0.25, 0.3) is 55.2 Å². The Hall–Kier alpha value is -4.04. The third-order valence-corrected chi connectivity index (χ3v) is 6.51. The van der Waals surface area contributed by atoms with Crippen molar-refractivity contribution in [1.29, 1.82) is 0 Å². The van der Waals surface area contributed by atoms with Crippen molar-refractivity contribution in [3.63, 3.8) is 0 Å². The van der Waals surface area contributed by atoms with Gasteiger partial charge in [0.05, 0.1) is 22.4 Å². The van der Waals surface area contributed by atoms with Gasteiger partial charge in [-0.2, -0.15) is 0 Å². The normalized spacial score (nSPS) is 11.1. The van der Waals surface area contributed by atoms with Crippen molar-refractivity contribution in [2.24, 2.45) is 0 Å². The van der Waals surface area contributed by atoms with E-state index in [2.05, 4.69) is 99.8 Å². The summed E-state index contributed by atoms with van der Waals surface area (Å²) >= 11 is 0. The van der Waals surface area contributed by atoms with Gasteiger partial charge in [-0.1, -0.05) is 99.8 Å². The molecule has 0 amide bonds. The van der Waals surface area contributed by atoms with Gasteiger partial charge in [0.15, 0.2) is 0 Å². The first kappa shape index (κ1) is 21.8. The lowest BCUT2D eigenvalue weighted by Crippen LogP contribution is -1.97. The molecule has 0 bridgehead atoms. The smallest absolute Gasteiger partial charge is 0.0978 e. The SMILES string of the molecule is C=C(CC)c1cc(-c2ccccc2)c2ccc3c(-c4ccccc4)cc(C(=C)CC)nc3c2n1. The van der Waals surface area contributed by atoms with Crippen LogP contribution in [0.15, 0.2) is 98.1 Å². The van der Waals surface area contributed by atoms with Crippen LogP contribution in [0.5, 0.6) is 0 Å². The van der Waals surface area contributed by atoms with Gasteiger partial charge >= 0.3 is 0 Å². The molecule has 0 fully saturated rings. The van der Waals surface area contributed by atoms with Gasteiger partial charge < -0.3 is 0 Å². The highest BCUT2D eigenvalue weighted by Crippen LogP contribution is 2.38. The van der Waals surface area contributed by atoms with Crippen LogP contribution in [0.4, 0.5) is 0 Å². The molecule has 0 radical (unpaired) electrons. The number of aromatic nitrogens is 2. The minimum Gasteiger partial charge on any atom is -0.246 e. The van der Waals surface area contributed by atoms with Crippen molar-refractivity contribution >= 4 is 33.0 Å². The average Bonchev–Trinajstić information content (AvgIpc) is 2.91. The van der Waals surface area contributed by atoms with Crippen LogP contribution < -0.4 is 0 Å². The first-order valence-electron chi connectivity index (χ1n) is 11.9. The fourth-order valence-corrected chi connectivity index (χ4v) is 4.41. The Morgan fingerprint density at radius 3 is 1.32 bits per heavy atom. The molecule has 34 heavy (non-hydrogen) atoms. The zero-order valence-electron chi connectivity index (χ0n) is 19.8. The fourth-order valence-electron chi connectivity index (χ4n) is 4.41. The summed E-state index contributed by atoms with van der Waals surface area (Å²) in [6.07, 6.45) is 1.69. The van der Waals surface area contributed by atoms with Crippen LogP contribution in [0.2, 0.25) is 0 Å².